The summed E-state index contributed by atoms with van der Waals surface area (Å²) in [5.41, 5.74) is 1.12. The van der Waals surface area contributed by atoms with Crippen molar-refractivity contribution < 1.29 is 13.2 Å². The summed E-state index contributed by atoms with van der Waals surface area (Å²) >= 11 is 0. The summed E-state index contributed by atoms with van der Waals surface area (Å²) in [6, 6.07) is 6.52. The molecule has 0 saturated heterocycles. The molecular weight excluding hydrogens is 252 g/mol. The summed E-state index contributed by atoms with van der Waals surface area (Å²) in [6.45, 7) is 1.88. The molecule has 1 N–H and O–H groups in total. The second-order valence-electron chi connectivity index (χ2n) is 3.99. The van der Waals surface area contributed by atoms with Gasteiger partial charge in [0.15, 0.2) is 5.78 Å². The molecule has 18 heavy (non-hydrogen) atoms. The molecule has 0 amide bonds. The molecule has 1 aromatic rings. The third kappa shape index (κ3) is 3.54. The maximum absolute atomic E-state index is 11.9. The van der Waals surface area contributed by atoms with Crippen LogP contribution in [0.2, 0.25) is 0 Å². The van der Waals surface area contributed by atoms with Crippen LogP contribution >= 0.6 is 0 Å². The van der Waals surface area contributed by atoms with Gasteiger partial charge in [-0.15, -0.1) is 0 Å². The van der Waals surface area contributed by atoms with E-state index in [9.17, 15) is 13.2 Å². The molecule has 0 aliphatic carbocycles. The zero-order valence-electron chi connectivity index (χ0n) is 10.8. The summed E-state index contributed by atoms with van der Waals surface area (Å²) in [7, 11) is -0.109. The molecule has 0 unspecified atom stereocenters. The monoisotopic (exact) mass is 270 g/mol. The lowest BCUT2D eigenvalue weighted by atomic mass is 10.1. The smallest absolute Gasteiger partial charge is 0.236 e. The third-order valence-electron chi connectivity index (χ3n) is 2.66. The summed E-state index contributed by atoms with van der Waals surface area (Å²) in [4.78, 5) is 11.1. The molecule has 0 atom stereocenters. The number of Topliss-reactive ketones (excluding diaryl/α,β-unsaturated/α-hetero) is 1. The first-order valence-corrected chi connectivity index (χ1v) is 7.21. The SMILES string of the molecule is CNCCS(=O)(=O)N(C)c1ccc(C(C)=O)cc1. The lowest BCUT2D eigenvalue weighted by Crippen LogP contribution is -2.32. The number of anilines is 1. The van der Waals surface area contributed by atoms with Crippen molar-refractivity contribution >= 4 is 21.5 Å². The second kappa shape index (κ2) is 5.97. The highest BCUT2D eigenvalue weighted by atomic mass is 32.2. The Morgan fingerprint density at radius 2 is 1.83 bits per heavy atom. The molecule has 0 aliphatic rings. The van der Waals surface area contributed by atoms with Gasteiger partial charge in [-0.25, -0.2) is 8.42 Å². The average molecular weight is 270 g/mol. The Bertz CT molecular complexity index is 509. The fourth-order valence-corrected chi connectivity index (χ4v) is 2.61. The summed E-state index contributed by atoms with van der Waals surface area (Å²) in [6.07, 6.45) is 0. The molecule has 0 aliphatic heterocycles. The molecule has 1 aromatic carbocycles. The van der Waals surface area contributed by atoms with Crippen molar-refractivity contribution in [3.05, 3.63) is 29.8 Å². The fraction of sp³-hybridized carbons (Fsp3) is 0.417. The lowest BCUT2D eigenvalue weighted by molar-refractivity contribution is 0.101. The number of hydrogen-bond acceptors (Lipinski definition) is 4. The predicted octanol–water partition coefficient (Wildman–Crippen LogP) is 0.875. The van der Waals surface area contributed by atoms with Gasteiger partial charge >= 0.3 is 0 Å². The van der Waals surface area contributed by atoms with Gasteiger partial charge in [-0.2, -0.15) is 0 Å². The Morgan fingerprint density at radius 3 is 2.28 bits per heavy atom. The standard InChI is InChI=1S/C12H18N2O3S/c1-10(15)11-4-6-12(7-5-11)14(3)18(16,17)9-8-13-2/h4-7,13H,8-9H2,1-3H3. The first-order valence-electron chi connectivity index (χ1n) is 5.60. The molecule has 0 fully saturated rings. The van der Waals surface area contributed by atoms with Crippen LogP contribution in [-0.4, -0.2) is 40.6 Å². The molecule has 0 radical (unpaired) electrons. The predicted molar refractivity (Wildman–Crippen MR) is 72.6 cm³/mol. The topological polar surface area (TPSA) is 66.5 Å². The van der Waals surface area contributed by atoms with E-state index in [1.807, 2.05) is 0 Å². The number of ketones is 1. The summed E-state index contributed by atoms with van der Waals surface area (Å²) < 4.78 is 25.1. The Labute approximate surface area is 108 Å². The van der Waals surface area contributed by atoms with Gasteiger partial charge in [0, 0.05) is 19.2 Å². The van der Waals surface area contributed by atoms with Crippen LogP contribution in [0.5, 0.6) is 0 Å². The van der Waals surface area contributed by atoms with Gasteiger partial charge < -0.3 is 5.32 Å². The highest BCUT2D eigenvalue weighted by Gasteiger charge is 2.17. The quantitative estimate of drug-likeness (QED) is 0.779. The van der Waals surface area contributed by atoms with E-state index in [4.69, 9.17) is 0 Å². The zero-order valence-corrected chi connectivity index (χ0v) is 11.6. The van der Waals surface area contributed by atoms with Crippen molar-refractivity contribution in [2.24, 2.45) is 0 Å². The molecule has 0 aromatic heterocycles. The van der Waals surface area contributed by atoms with Crippen molar-refractivity contribution in [3.63, 3.8) is 0 Å². The molecule has 0 spiro atoms. The number of carbonyl (C=O) groups is 1. The van der Waals surface area contributed by atoms with Gasteiger partial charge in [0.1, 0.15) is 0 Å². The van der Waals surface area contributed by atoms with Gasteiger partial charge in [-0.05, 0) is 38.2 Å². The van der Waals surface area contributed by atoms with Crippen LogP contribution in [0.25, 0.3) is 0 Å². The average Bonchev–Trinajstić information content (AvgIpc) is 2.35. The van der Waals surface area contributed by atoms with E-state index in [1.165, 1.54) is 18.3 Å². The molecule has 0 heterocycles. The number of rotatable bonds is 6. The highest BCUT2D eigenvalue weighted by Crippen LogP contribution is 2.17. The van der Waals surface area contributed by atoms with Crippen molar-refractivity contribution in [1.29, 1.82) is 0 Å². The Balaban J connectivity index is 2.90. The van der Waals surface area contributed by atoms with Crippen LogP contribution in [0.4, 0.5) is 5.69 Å². The van der Waals surface area contributed by atoms with Gasteiger partial charge in [0.25, 0.3) is 0 Å². The number of hydrogen-bond donors (Lipinski definition) is 1. The van der Waals surface area contributed by atoms with Crippen LogP contribution in [0.1, 0.15) is 17.3 Å². The maximum atomic E-state index is 11.9. The number of nitrogens with one attached hydrogen (secondary N) is 1. The Kier molecular flexibility index (Phi) is 4.86. The minimum atomic E-state index is -3.32. The molecule has 100 valence electrons. The Morgan fingerprint density at radius 1 is 1.28 bits per heavy atom. The fourth-order valence-electron chi connectivity index (χ4n) is 1.43. The first-order chi connectivity index (χ1) is 8.38. The molecule has 0 saturated carbocycles. The number of nitrogens with zero attached hydrogens (tertiary/aromatic N) is 1. The van der Waals surface area contributed by atoms with E-state index in [-0.39, 0.29) is 11.5 Å². The number of sulfonamides is 1. The van der Waals surface area contributed by atoms with E-state index < -0.39 is 10.0 Å². The van der Waals surface area contributed by atoms with Crippen LogP contribution < -0.4 is 9.62 Å². The van der Waals surface area contributed by atoms with Gasteiger partial charge in [0.2, 0.25) is 10.0 Å². The van der Waals surface area contributed by atoms with Crippen molar-refractivity contribution in [3.8, 4) is 0 Å². The maximum Gasteiger partial charge on any atom is 0.236 e. The molecule has 5 nitrogen and oxygen atoms in total. The van der Waals surface area contributed by atoms with Crippen LogP contribution in [-0.2, 0) is 10.0 Å². The Hall–Kier alpha value is -1.40. The van der Waals surface area contributed by atoms with Crippen LogP contribution in [0.15, 0.2) is 24.3 Å². The summed E-state index contributed by atoms with van der Waals surface area (Å²) in [5, 5.41) is 2.80. The summed E-state index contributed by atoms with van der Waals surface area (Å²) in [5.74, 6) is -0.00342. The minimum absolute atomic E-state index is 0.0362. The molecule has 1 rings (SSSR count). The van der Waals surface area contributed by atoms with Gasteiger partial charge in [-0.3, -0.25) is 9.10 Å². The van der Waals surface area contributed by atoms with E-state index >= 15 is 0 Å². The van der Waals surface area contributed by atoms with Crippen molar-refractivity contribution in [2.75, 3.05) is 30.7 Å². The normalized spacial score (nSPS) is 11.3. The third-order valence-corrected chi connectivity index (χ3v) is 4.43. The highest BCUT2D eigenvalue weighted by molar-refractivity contribution is 7.92. The zero-order chi connectivity index (χ0) is 13.8. The van der Waals surface area contributed by atoms with Crippen LogP contribution in [0.3, 0.4) is 0 Å². The lowest BCUT2D eigenvalue weighted by Gasteiger charge is -2.19. The number of benzene rings is 1. The second-order valence-corrected chi connectivity index (χ2v) is 6.11. The minimum Gasteiger partial charge on any atom is -0.319 e. The van der Waals surface area contributed by atoms with Crippen molar-refractivity contribution in [2.45, 2.75) is 6.92 Å². The van der Waals surface area contributed by atoms with Gasteiger partial charge in [-0.1, -0.05) is 0 Å². The van der Waals surface area contributed by atoms with E-state index in [0.717, 1.165) is 0 Å². The van der Waals surface area contributed by atoms with Crippen LogP contribution in [0, 0.1) is 0 Å². The van der Waals surface area contributed by atoms with Gasteiger partial charge in [0.05, 0.1) is 11.4 Å². The molecular formula is C12H18N2O3S. The van der Waals surface area contributed by atoms with E-state index in [2.05, 4.69) is 5.32 Å². The first kappa shape index (κ1) is 14.7. The molecule has 0 bridgehead atoms. The molecule has 6 heteroatoms. The largest absolute Gasteiger partial charge is 0.319 e. The van der Waals surface area contributed by atoms with E-state index in [1.54, 1.807) is 31.3 Å². The number of carbonyl (C=O) groups excluding carboxylic acids is 1. The van der Waals surface area contributed by atoms with E-state index in [0.29, 0.717) is 17.8 Å². The van der Waals surface area contributed by atoms with Crippen molar-refractivity contribution in [1.82, 2.24) is 5.32 Å².